The third kappa shape index (κ3) is 1.77. The summed E-state index contributed by atoms with van der Waals surface area (Å²) in [4.78, 5) is 9.98. The highest BCUT2D eigenvalue weighted by Crippen LogP contribution is 2.70. The van der Waals surface area contributed by atoms with Crippen LogP contribution in [0.1, 0.15) is 64.5 Å². The van der Waals surface area contributed by atoms with Crippen LogP contribution in [0.3, 0.4) is 0 Å². The van der Waals surface area contributed by atoms with Gasteiger partial charge in [-0.15, -0.1) is 0 Å². The molecule has 1 saturated carbocycles. The number of nitrogens with zero attached hydrogens (tertiary/aromatic N) is 3. The zero-order valence-electron chi connectivity index (χ0n) is 16.6. The molecule has 2 bridgehead atoms. The number of rotatable bonds is 2. The lowest BCUT2D eigenvalue weighted by atomic mass is 9.69. The van der Waals surface area contributed by atoms with Gasteiger partial charge in [0.15, 0.2) is 5.82 Å². The van der Waals surface area contributed by atoms with Crippen LogP contribution in [0.4, 0.5) is 17.2 Å². The van der Waals surface area contributed by atoms with E-state index in [1.807, 2.05) is 0 Å². The SMILES string of the molecule is CC(C)N1CN(c2ccccc2)c2ncc3c(c21)C1CCC3(C)C1(C)C. The van der Waals surface area contributed by atoms with Gasteiger partial charge in [-0.25, -0.2) is 4.98 Å². The van der Waals surface area contributed by atoms with Crippen LogP contribution in [0.5, 0.6) is 0 Å². The number of hydrogen-bond donors (Lipinski definition) is 0. The number of hydrogen-bond acceptors (Lipinski definition) is 3. The zero-order chi connectivity index (χ0) is 18.3. The summed E-state index contributed by atoms with van der Waals surface area (Å²) in [7, 11) is 0. The second-order valence-corrected chi connectivity index (χ2v) is 9.37. The van der Waals surface area contributed by atoms with E-state index in [9.17, 15) is 0 Å². The maximum atomic E-state index is 5.04. The molecule has 1 aliphatic heterocycles. The smallest absolute Gasteiger partial charge is 0.158 e. The van der Waals surface area contributed by atoms with Gasteiger partial charge in [0.1, 0.15) is 0 Å². The maximum absolute atomic E-state index is 5.04. The van der Waals surface area contributed by atoms with Crippen LogP contribution in [0, 0.1) is 5.41 Å². The highest BCUT2D eigenvalue weighted by Gasteiger charge is 2.61. The van der Waals surface area contributed by atoms with Crippen molar-refractivity contribution in [1.82, 2.24) is 4.98 Å². The molecule has 0 radical (unpaired) electrons. The van der Waals surface area contributed by atoms with Crippen molar-refractivity contribution in [3.8, 4) is 0 Å². The Morgan fingerprint density at radius 2 is 1.85 bits per heavy atom. The lowest BCUT2D eigenvalue weighted by molar-refractivity contribution is 0.230. The first-order valence-corrected chi connectivity index (χ1v) is 9.99. The number of benzene rings is 1. The molecule has 3 nitrogen and oxygen atoms in total. The van der Waals surface area contributed by atoms with Crippen molar-refractivity contribution in [3.05, 3.63) is 47.7 Å². The molecule has 2 heterocycles. The summed E-state index contributed by atoms with van der Waals surface area (Å²) in [5.41, 5.74) is 6.33. The Hall–Kier alpha value is -2.03. The van der Waals surface area contributed by atoms with Crippen molar-refractivity contribution < 1.29 is 0 Å². The van der Waals surface area contributed by atoms with Crippen molar-refractivity contribution in [3.63, 3.8) is 0 Å². The summed E-state index contributed by atoms with van der Waals surface area (Å²) in [5.74, 6) is 1.80. The lowest BCUT2D eigenvalue weighted by Crippen LogP contribution is -2.34. The van der Waals surface area contributed by atoms with Gasteiger partial charge in [0, 0.05) is 23.3 Å². The minimum atomic E-state index is 0.262. The van der Waals surface area contributed by atoms with Crippen molar-refractivity contribution in [2.75, 3.05) is 16.5 Å². The molecule has 0 N–H and O–H groups in total. The second-order valence-electron chi connectivity index (χ2n) is 9.37. The molecule has 2 aliphatic carbocycles. The summed E-state index contributed by atoms with van der Waals surface area (Å²) in [6, 6.07) is 11.2. The van der Waals surface area contributed by atoms with E-state index >= 15 is 0 Å². The van der Waals surface area contributed by atoms with Gasteiger partial charge in [-0.2, -0.15) is 0 Å². The van der Waals surface area contributed by atoms with Crippen LogP contribution in [0.15, 0.2) is 36.5 Å². The maximum Gasteiger partial charge on any atom is 0.158 e. The van der Waals surface area contributed by atoms with Crippen LogP contribution in [0.2, 0.25) is 0 Å². The summed E-state index contributed by atoms with van der Waals surface area (Å²) in [6.45, 7) is 12.9. The molecule has 26 heavy (non-hydrogen) atoms. The highest BCUT2D eigenvalue weighted by atomic mass is 15.4. The van der Waals surface area contributed by atoms with Gasteiger partial charge in [-0.05, 0) is 61.3 Å². The van der Waals surface area contributed by atoms with Gasteiger partial charge in [0.2, 0.25) is 0 Å². The van der Waals surface area contributed by atoms with Crippen molar-refractivity contribution in [1.29, 1.82) is 0 Å². The standard InChI is InChI=1S/C23H29N3/c1-15(2)25-14-26(16-9-7-6-8-10-16)21-20(25)19-17-11-12-23(5,22(17,3)4)18(19)13-24-21/h6-10,13,15,17H,11-12,14H2,1-5H3. The fourth-order valence-corrected chi connectivity index (χ4v) is 5.79. The summed E-state index contributed by atoms with van der Waals surface area (Å²) >= 11 is 0. The first kappa shape index (κ1) is 16.2. The molecule has 5 rings (SSSR count). The molecule has 0 amide bonds. The molecule has 1 aromatic carbocycles. The fraction of sp³-hybridized carbons (Fsp3) is 0.522. The van der Waals surface area contributed by atoms with E-state index in [1.165, 1.54) is 29.8 Å². The molecule has 2 atom stereocenters. The first-order valence-electron chi connectivity index (χ1n) is 9.99. The van der Waals surface area contributed by atoms with Crippen LogP contribution >= 0.6 is 0 Å². The Morgan fingerprint density at radius 3 is 2.54 bits per heavy atom. The molecule has 3 heteroatoms. The summed E-state index contributed by atoms with van der Waals surface area (Å²) in [5, 5.41) is 0. The Kier molecular flexibility index (Phi) is 3.12. The van der Waals surface area contributed by atoms with Gasteiger partial charge < -0.3 is 9.80 Å². The van der Waals surface area contributed by atoms with E-state index in [2.05, 4.69) is 80.9 Å². The van der Waals surface area contributed by atoms with Crippen molar-refractivity contribution >= 4 is 17.2 Å². The lowest BCUT2D eigenvalue weighted by Gasteiger charge is -2.35. The molecular weight excluding hydrogens is 318 g/mol. The molecule has 0 spiro atoms. The number of fused-ring (bicyclic) bond motifs is 7. The van der Waals surface area contributed by atoms with Crippen LogP contribution < -0.4 is 9.80 Å². The molecule has 3 aliphatic rings. The largest absolute Gasteiger partial charge is 0.348 e. The minimum absolute atomic E-state index is 0.262. The monoisotopic (exact) mass is 347 g/mol. The minimum Gasteiger partial charge on any atom is -0.348 e. The van der Waals surface area contributed by atoms with Gasteiger partial charge in [0.05, 0.1) is 12.4 Å². The molecule has 1 fully saturated rings. The quantitative estimate of drug-likeness (QED) is 0.707. The third-order valence-corrected chi connectivity index (χ3v) is 7.77. The van der Waals surface area contributed by atoms with E-state index in [-0.39, 0.29) is 5.41 Å². The number of anilines is 3. The predicted molar refractivity (Wildman–Crippen MR) is 108 cm³/mol. The Morgan fingerprint density at radius 1 is 1.12 bits per heavy atom. The summed E-state index contributed by atoms with van der Waals surface area (Å²) < 4.78 is 0. The molecule has 2 aromatic rings. The number of pyridine rings is 1. The molecule has 0 saturated heterocycles. The number of para-hydroxylation sites is 1. The third-order valence-electron chi connectivity index (χ3n) is 7.77. The molecule has 2 unspecified atom stereocenters. The zero-order valence-corrected chi connectivity index (χ0v) is 16.6. The second kappa shape index (κ2) is 5.03. The van der Waals surface area contributed by atoms with E-state index < -0.39 is 0 Å². The Balaban J connectivity index is 1.74. The topological polar surface area (TPSA) is 19.4 Å². The Bertz CT molecular complexity index is 871. The van der Waals surface area contributed by atoms with Crippen molar-refractivity contribution in [2.24, 2.45) is 5.41 Å². The molecule has 1 aromatic heterocycles. The molecule has 136 valence electrons. The normalized spacial score (nSPS) is 28.0. The van der Waals surface area contributed by atoms with Gasteiger partial charge in [0.25, 0.3) is 0 Å². The van der Waals surface area contributed by atoms with Gasteiger partial charge in [-0.1, -0.05) is 39.0 Å². The average molecular weight is 348 g/mol. The summed E-state index contributed by atoms with van der Waals surface area (Å²) in [6.07, 6.45) is 4.81. The van der Waals surface area contributed by atoms with E-state index in [4.69, 9.17) is 4.98 Å². The van der Waals surface area contributed by atoms with Crippen LogP contribution in [-0.4, -0.2) is 17.7 Å². The Labute approximate surface area is 157 Å². The first-order chi connectivity index (χ1) is 12.4. The number of aromatic nitrogens is 1. The van der Waals surface area contributed by atoms with Gasteiger partial charge in [-0.3, -0.25) is 0 Å². The van der Waals surface area contributed by atoms with E-state index in [0.29, 0.717) is 17.4 Å². The van der Waals surface area contributed by atoms with Crippen LogP contribution in [-0.2, 0) is 5.41 Å². The van der Waals surface area contributed by atoms with Gasteiger partial charge >= 0.3 is 0 Å². The molecular formula is C23H29N3. The van der Waals surface area contributed by atoms with E-state index in [1.54, 1.807) is 5.56 Å². The van der Waals surface area contributed by atoms with Crippen molar-refractivity contribution in [2.45, 2.75) is 64.8 Å². The average Bonchev–Trinajstić information content (AvgIpc) is 3.17. The highest BCUT2D eigenvalue weighted by molar-refractivity contribution is 5.84. The van der Waals surface area contributed by atoms with Crippen LogP contribution in [0.25, 0.3) is 0 Å². The fourth-order valence-electron chi connectivity index (χ4n) is 5.79. The van der Waals surface area contributed by atoms with E-state index in [0.717, 1.165) is 12.5 Å². The predicted octanol–water partition coefficient (Wildman–Crippen LogP) is 5.58.